The number of carboxylic acids is 1. The number of carbonyl (C=O) groups excluding carboxylic acids is 1. The smallest absolute Gasteiger partial charge is 0.332 e. The molecule has 126 valence electrons. The van der Waals surface area contributed by atoms with Gasteiger partial charge in [-0.2, -0.15) is 5.10 Å². The summed E-state index contributed by atoms with van der Waals surface area (Å²) < 4.78 is 6.63. The lowest BCUT2D eigenvalue weighted by Gasteiger charge is -2.34. The molecule has 2 heterocycles. The lowest BCUT2D eigenvalue weighted by atomic mass is 9.97. The van der Waals surface area contributed by atoms with Crippen molar-refractivity contribution in [1.82, 2.24) is 14.7 Å². The van der Waals surface area contributed by atoms with E-state index in [0.717, 1.165) is 5.69 Å². The highest BCUT2D eigenvalue weighted by Crippen LogP contribution is 2.32. The first-order chi connectivity index (χ1) is 11.6. The Kier molecular flexibility index (Phi) is 4.35. The number of carboxylic acid groups (broad SMARTS) is 1. The van der Waals surface area contributed by atoms with E-state index in [1.165, 1.54) is 22.9 Å². The molecule has 3 rings (SSSR count). The van der Waals surface area contributed by atoms with Crippen molar-refractivity contribution >= 4 is 11.9 Å². The standard InChI is InChI=1S/C17H19N3O4/c1-24-12-17(16(22)23)9-5-11-19(17)15(21)14-8-10-18-20(14)13-6-3-2-4-7-13/h2-4,6-8,10H,5,9,11-12H2,1H3,(H,22,23). The first kappa shape index (κ1) is 16.2. The Morgan fingerprint density at radius 3 is 2.71 bits per heavy atom. The van der Waals surface area contributed by atoms with Crippen LogP contribution in [0.2, 0.25) is 0 Å². The summed E-state index contributed by atoms with van der Waals surface area (Å²) in [5, 5.41) is 13.9. The summed E-state index contributed by atoms with van der Waals surface area (Å²) in [7, 11) is 1.44. The van der Waals surface area contributed by atoms with Crippen LogP contribution in [0.3, 0.4) is 0 Å². The van der Waals surface area contributed by atoms with E-state index in [9.17, 15) is 14.7 Å². The molecule has 0 spiro atoms. The predicted octanol–water partition coefficient (Wildman–Crippen LogP) is 1.58. The van der Waals surface area contributed by atoms with Gasteiger partial charge < -0.3 is 14.7 Å². The average Bonchev–Trinajstić information content (AvgIpc) is 3.23. The summed E-state index contributed by atoms with van der Waals surface area (Å²) in [5.74, 6) is -1.39. The molecule has 1 aliphatic heterocycles. The second-order valence-corrected chi connectivity index (χ2v) is 5.79. The van der Waals surface area contributed by atoms with Gasteiger partial charge in [-0.1, -0.05) is 18.2 Å². The number of rotatable bonds is 5. The fraction of sp³-hybridized carbons (Fsp3) is 0.353. The van der Waals surface area contributed by atoms with Crippen molar-refractivity contribution in [3.05, 3.63) is 48.3 Å². The van der Waals surface area contributed by atoms with Crippen molar-refractivity contribution in [3.63, 3.8) is 0 Å². The Morgan fingerprint density at radius 1 is 1.29 bits per heavy atom. The molecule has 7 nitrogen and oxygen atoms in total. The van der Waals surface area contributed by atoms with E-state index in [4.69, 9.17) is 4.74 Å². The van der Waals surface area contributed by atoms with Crippen LogP contribution in [0.5, 0.6) is 0 Å². The van der Waals surface area contributed by atoms with E-state index in [0.29, 0.717) is 25.1 Å². The van der Waals surface area contributed by atoms with Gasteiger partial charge in [0.2, 0.25) is 0 Å². The number of hydrogen-bond donors (Lipinski definition) is 1. The number of para-hydroxylation sites is 1. The van der Waals surface area contributed by atoms with E-state index in [1.54, 1.807) is 6.07 Å². The zero-order valence-electron chi connectivity index (χ0n) is 13.4. The monoisotopic (exact) mass is 329 g/mol. The van der Waals surface area contributed by atoms with E-state index >= 15 is 0 Å². The van der Waals surface area contributed by atoms with Gasteiger partial charge in [0.1, 0.15) is 5.69 Å². The molecule has 1 amide bonds. The second kappa shape index (κ2) is 6.45. The molecule has 1 fully saturated rings. The fourth-order valence-corrected chi connectivity index (χ4v) is 3.23. The SMILES string of the molecule is COCC1(C(=O)O)CCCN1C(=O)c1ccnn1-c1ccccc1. The van der Waals surface area contributed by atoms with Gasteiger partial charge in [-0.05, 0) is 31.0 Å². The van der Waals surface area contributed by atoms with E-state index < -0.39 is 11.5 Å². The number of methoxy groups -OCH3 is 1. The molecule has 1 saturated heterocycles. The fourth-order valence-electron chi connectivity index (χ4n) is 3.23. The van der Waals surface area contributed by atoms with Crippen LogP contribution >= 0.6 is 0 Å². The van der Waals surface area contributed by atoms with Crippen LogP contribution in [0.4, 0.5) is 0 Å². The van der Waals surface area contributed by atoms with Gasteiger partial charge >= 0.3 is 5.97 Å². The molecular formula is C17H19N3O4. The van der Waals surface area contributed by atoms with Gasteiger partial charge in [0.15, 0.2) is 5.54 Å². The number of ether oxygens (including phenoxy) is 1. The Hall–Kier alpha value is -2.67. The van der Waals surface area contributed by atoms with Gasteiger partial charge in [0.25, 0.3) is 5.91 Å². The van der Waals surface area contributed by atoms with Crippen molar-refractivity contribution in [2.45, 2.75) is 18.4 Å². The van der Waals surface area contributed by atoms with Crippen LogP contribution in [0, 0.1) is 0 Å². The number of hydrogen-bond acceptors (Lipinski definition) is 4. The molecule has 1 N–H and O–H groups in total. The Balaban J connectivity index is 1.98. The number of likely N-dealkylation sites (tertiary alicyclic amines) is 1. The minimum atomic E-state index is -1.32. The Labute approximate surface area is 139 Å². The van der Waals surface area contributed by atoms with Crippen molar-refractivity contribution in [2.75, 3.05) is 20.3 Å². The maximum absolute atomic E-state index is 13.0. The lowest BCUT2D eigenvalue weighted by Crippen LogP contribution is -2.56. The highest BCUT2D eigenvalue weighted by Gasteiger charge is 2.50. The normalized spacial score (nSPS) is 20.3. The van der Waals surface area contributed by atoms with Crippen LogP contribution in [0.1, 0.15) is 23.3 Å². The average molecular weight is 329 g/mol. The first-order valence-electron chi connectivity index (χ1n) is 7.74. The van der Waals surface area contributed by atoms with Gasteiger partial charge in [0, 0.05) is 13.7 Å². The van der Waals surface area contributed by atoms with Crippen LogP contribution in [0.25, 0.3) is 5.69 Å². The Bertz CT molecular complexity index is 743. The van der Waals surface area contributed by atoms with Gasteiger partial charge in [-0.3, -0.25) is 4.79 Å². The Morgan fingerprint density at radius 2 is 2.04 bits per heavy atom. The predicted molar refractivity (Wildman–Crippen MR) is 86.1 cm³/mol. The molecule has 2 aromatic rings. The largest absolute Gasteiger partial charge is 0.479 e. The summed E-state index contributed by atoms with van der Waals surface area (Å²) in [6.45, 7) is 0.349. The molecule has 1 unspecified atom stereocenters. The third kappa shape index (κ3) is 2.56. The summed E-state index contributed by atoms with van der Waals surface area (Å²) in [5.41, 5.74) is -0.236. The zero-order valence-corrected chi connectivity index (χ0v) is 13.4. The molecule has 7 heteroatoms. The van der Waals surface area contributed by atoms with Crippen molar-refractivity contribution in [1.29, 1.82) is 0 Å². The summed E-state index contributed by atoms with van der Waals surface area (Å²) >= 11 is 0. The van der Waals surface area contributed by atoms with Gasteiger partial charge in [-0.25, -0.2) is 9.48 Å². The minimum absolute atomic E-state index is 0.0342. The molecule has 1 atom stereocenters. The molecular weight excluding hydrogens is 310 g/mol. The summed E-state index contributed by atoms with van der Waals surface area (Å²) in [6, 6.07) is 10.9. The van der Waals surface area contributed by atoms with E-state index in [-0.39, 0.29) is 12.5 Å². The summed E-state index contributed by atoms with van der Waals surface area (Å²) in [4.78, 5) is 26.3. The third-order valence-electron chi connectivity index (χ3n) is 4.38. The van der Waals surface area contributed by atoms with E-state index in [2.05, 4.69) is 5.10 Å². The van der Waals surface area contributed by atoms with E-state index in [1.807, 2.05) is 30.3 Å². The number of carbonyl (C=O) groups is 2. The molecule has 0 radical (unpaired) electrons. The number of aromatic nitrogens is 2. The maximum atomic E-state index is 13.0. The van der Waals surface area contributed by atoms with Crippen LogP contribution in [-0.2, 0) is 9.53 Å². The molecule has 0 aliphatic carbocycles. The number of amides is 1. The maximum Gasteiger partial charge on any atom is 0.332 e. The second-order valence-electron chi connectivity index (χ2n) is 5.79. The van der Waals surface area contributed by atoms with Crippen molar-refractivity contribution < 1.29 is 19.4 Å². The van der Waals surface area contributed by atoms with Crippen LogP contribution in [-0.4, -0.2) is 57.5 Å². The van der Waals surface area contributed by atoms with Crippen molar-refractivity contribution in [3.8, 4) is 5.69 Å². The molecule has 0 saturated carbocycles. The van der Waals surface area contributed by atoms with Gasteiger partial charge in [-0.15, -0.1) is 0 Å². The number of benzene rings is 1. The summed E-state index contributed by atoms with van der Waals surface area (Å²) in [6.07, 6.45) is 2.54. The minimum Gasteiger partial charge on any atom is -0.479 e. The van der Waals surface area contributed by atoms with Crippen molar-refractivity contribution in [2.24, 2.45) is 0 Å². The number of aliphatic carboxylic acids is 1. The topological polar surface area (TPSA) is 84.7 Å². The number of nitrogens with zero attached hydrogens (tertiary/aromatic N) is 3. The van der Waals surface area contributed by atoms with Gasteiger partial charge in [0.05, 0.1) is 18.5 Å². The first-order valence-corrected chi connectivity index (χ1v) is 7.74. The third-order valence-corrected chi connectivity index (χ3v) is 4.38. The van der Waals surface area contributed by atoms with Crippen LogP contribution in [0.15, 0.2) is 42.6 Å². The lowest BCUT2D eigenvalue weighted by molar-refractivity contribution is -0.151. The highest BCUT2D eigenvalue weighted by atomic mass is 16.5. The quantitative estimate of drug-likeness (QED) is 0.900. The zero-order chi connectivity index (χ0) is 17.2. The highest BCUT2D eigenvalue weighted by molar-refractivity contribution is 5.97. The molecule has 0 bridgehead atoms. The van der Waals surface area contributed by atoms with Crippen LogP contribution < -0.4 is 0 Å². The molecule has 1 aliphatic rings. The molecule has 1 aromatic heterocycles. The molecule has 1 aromatic carbocycles. The molecule has 24 heavy (non-hydrogen) atoms.